The molecule has 0 spiro atoms. The maximum absolute atomic E-state index is 12.5. The van der Waals surface area contributed by atoms with E-state index >= 15 is 0 Å². The number of carbonyl (C=O) groups excluding carboxylic acids is 1. The average Bonchev–Trinajstić information content (AvgIpc) is 2.47. The van der Waals surface area contributed by atoms with Gasteiger partial charge < -0.3 is 15.2 Å². The molecule has 2 rings (SSSR count). The molecule has 5 heteroatoms. The summed E-state index contributed by atoms with van der Waals surface area (Å²) in [6.07, 6.45) is 0.968. The van der Waals surface area contributed by atoms with E-state index in [1.165, 1.54) is 0 Å². The smallest absolute Gasteiger partial charge is 0.305 e. The van der Waals surface area contributed by atoms with Crippen molar-refractivity contribution in [1.29, 1.82) is 0 Å². The van der Waals surface area contributed by atoms with Crippen LogP contribution >= 0.6 is 0 Å². The van der Waals surface area contributed by atoms with E-state index in [1.54, 1.807) is 6.07 Å². The van der Waals surface area contributed by atoms with Crippen molar-refractivity contribution in [3.8, 4) is 0 Å². The normalized spacial score (nSPS) is 17.2. The Morgan fingerprint density at radius 1 is 1.32 bits per heavy atom. The molecule has 1 aliphatic rings. The summed E-state index contributed by atoms with van der Waals surface area (Å²) in [7, 11) is 0. The Balaban J connectivity index is 2.17. The lowest BCUT2D eigenvalue weighted by Crippen LogP contribution is -2.53. The summed E-state index contributed by atoms with van der Waals surface area (Å²) in [5, 5.41) is 12.1. The third-order valence-electron chi connectivity index (χ3n) is 4.13. The van der Waals surface area contributed by atoms with E-state index in [2.05, 4.69) is 19.2 Å². The summed E-state index contributed by atoms with van der Waals surface area (Å²) >= 11 is 0. The van der Waals surface area contributed by atoms with Crippen molar-refractivity contribution in [1.82, 2.24) is 5.32 Å². The summed E-state index contributed by atoms with van der Waals surface area (Å²) in [6.45, 7) is 5.09. The largest absolute Gasteiger partial charge is 0.481 e. The van der Waals surface area contributed by atoms with Gasteiger partial charge in [0, 0.05) is 18.8 Å². The monoisotopic (exact) mass is 305 g/mol. The number of carboxylic acid groups (broad SMARTS) is 1. The van der Waals surface area contributed by atoms with E-state index in [-0.39, 0.29) is 12.3 Å². The molecule has 1 amide bonds. The number of carbonyl (C=O) groups is 2. The highest BCUT2D eigenvalue weighted by molar-refractivity contribution is 5.95. The first-order valence-electron chi connectivity index (χ1n) is 7.64. The number of benzene rings is 1. The minimum absolute atomic E-state index is 0.0774. The molecule has 0 bridgehead atoms. The van der Waals surface area contributed by atoms with Crippen molar-refractivity contribution >= 4 is 11.9 Å². The van der Waals surface area contributed by atoms with Crippen molar-refractivity contribution in [2.75, 3.05) is 13.2 Å². The molecule has 1 heterocycles. The van der Waals surface area contributed by atoms with Gasteiger partial charge in [-0.2, -0.15) is 0 Å². The van der Waals surface area contributed by atoms with E-state index in [0.29, 0.717) is 37.5 Å². The van der Waals surface area contributed by atoms with Gasteiger partial charge in [-0.1, -0.05) is 26.0 Å². The Morgan fingerprint density at radius 2 is 2.00 bits per heavy atom. The van der Waals surface area contributed by atoms with Gasteiger partial charge in [-0.05, 0) is 36.5 Å². The third-order valence-corrected chi connectivity index (χ3v) is 4.13. The summed E-state index contributed by atoms with van der Waals surface area (Å²) in [5.74, 6) is -0.785. The second-order valence-electron chi connectivity index (χ2n) is 6.20. The predicted molar refractivity (Wildman–Crippen MR) is 83.0 cm³/mol. The zero-order chi connectivity index (χ0) is 16.2. The number of aliphatic carboxylic acids is 1. The van der Waals surface area contributed by atoms with E-state index in [9.17, 15) is 9.59 Å². The molecule has 2 N–H and O–H groups in total. The zero-order valence-corrected chi connectivity index (χ0v) is 13.1. The molecule has 0 aliphatic carbocycles. The van der Waals surface area contributed by atoms with Crippen molar-refractivity contribution in [2.24, 2.45) is 0 Å². The number of carboxylic acids is 1. The third kappa shape index (κ3) is 4.07. The van der Waals surface area contributed by atoms with E-state index in [4.69, 9.17) is 9.84 Å². The highest BCUT2D eigenvalue weighted by Gasteiger charge is 2.36. The molecule has 0 atom stereocenters. The first-order valence-corrected chi connectivity index (χ1v) is 7.64. The van der Waals surface area contributed by atoms with Gasteiger partial charge in [0.1, 0.15) is 0 Å². The minimum Gasteiger partial charge on any atom is -0.481 e. The molecule has 1 fully saturated rings. The molecule has 0 radical (unpaired) electrons. The van der Waals surface area contributed by atoms with E-state index < -0.39 is 11.5 Å². The number of nitrogens with one attached hydrogen (secondary N) is 1. The molecular formula is C17H23NO4. The Labute approximate surface area is 130 Å². The van der Waals surface area contributed by atoms with Crippen LogP contribution in [0.25, 0.3) is 0 Å². The lowest BCUT2D eigenvalue weighted by atomic mass is 9.86. The first kappa shape index (κ1) is 16.5. The molecule has 1 aliphatic heterocycles. The molecule has 0 saturated carbocycles. The Hall–Kier alpha value is -1.88. The molecule has 22 heavy (non-hydrogen) atoms. The molecule has 1 aromatic rings. The standard InChI is InChI=1S/C17H23NO4/c1-12(2)13-4-3-5-14(10-13)16(21)18-17(11-15(19)20)6-8-22-9-7-17/h3-5,10,12H,6-9,11H2,1-2H3,(H,18,21)(H,19,20). The SMILES string of the molecule is CC(C)c1cccc(C(=O)NC2(CC(=O)O)CCOCC2)c1. The van der Waals surface area contributed by atoms with Gasteiger partial charge in [-0.15, -0.1) is 0 Å². The lowest BCUT2D eigenvalue weighted by molar-refractivity contribution is -0.139. The Kier molecular flexibility index (Phi) is 5.19. The second kappa shape index (κ2) is 6.92. The van der Waals surface area contributed by atoms with Crippen LogP contribution in [0, 0.1) is 0 Å². The molecular weight excluding hydrogens is 282 g/mol. The summed E-state index contributed by atoms with van der Waals surface area (Å²) in [6, 6.07) is 7.48. The lowest BCUT2D eigenvalue weighted by Gasteiger charge is -2.36. The maximum Gasteiger partial charge on any atom is 0.305 e. The van der Waals surface area contributed by atoms with Crippen LogP contribution in [0.15, 0.2) is 24.3 Å². The first-order chi connectivity index (χ1) is 10.4. The molecule has 0 unspecified atom stereocenters. The fourth-order valence-electron chi connectivity index (χ4n) is 2.75. The molecule has 1 aromatic carbocycles. The van der Waals surface area contributed by atoms with Gasteiger partial charge in [0.25, 0.3) is 5.91 Å². The number of hydrogen-bond acceptors (Lipinski definition) is 3. The predicted octanol–water partition coefficient (Wildman–Crippen LogP) is 2.56. The average molecular weight is 305 g/mol. The summed E-state index contributed by atoms with van der Waals surface area (Å²) in [4.78, 5) is 23.7. The van der Waals surface area contributed by atoms with Gasteiger partial charge in [0.2, 0.25) is 0 Å². The van der Waals surface area contributed by atoms with Gasteiger partial charge in [0.15, 0.2) is 0 Å². The van der Waals surface area contributed by atoms with Crippen molar-refractivity contribution in [3.63, 3.8) is 0 Å². The highest BCUT2D eigenvalue weighted by Crippen LogP contribution is 2.25. The number of rotatable bonds is 5. The molecule has 120 valence electrons. The molecule has 1 saturated heterocycles. The van der Waals surface area contributed by atoms with Crippen LogP contribution in [0.5, 0.6) is 0 Å². The zero-order valence-electron chi connectivity index (χ0n) is 13.1. The highest BCUT2D eigenvalue weighted by atomic mass is 16.5. The van der Waals surface area contributed by atoms with E-state index in [0.717, 1.165) is 5.56 Å². The van der Waals surface area contributed by atoms with Crippen molar-refractivity contribution < 1.29 is 19.4 Å². The van der Waals surface area contributed by atoms with Crippen LogP contribution < -0.4 is 5.32 Å². The molecule has 5 nitrogen and oxygen atoms in total. The van der Waals surface area contributed by atoms with Gasteiger partial charge in [-0.3, -0.25) is 9.59 Å². The van der Waals surface area contributed by atoms with Gasteiger partial charge >= 0.3 is 5.97 Å². The quantitative estimate of drug-likeness (QED) is 0.876. The summed E-state index contributed by atoms with van der Waals surface area (Å²) in [5.41, 5.74) is 0.948. The van der Waals surface area contributed by atoms with Crippen LogP contribution in [0.2, 0.25) is 0 Å². The van der Waals surface area contributed by atoms with Crippen LogP contribution in [-0.4, -0.2) is 35.7 Å². The fourth-order valence-corrected chi connectivity index (χ4v) is 2.75. The summed E-state index contributed by atoms with van der Waals surface area (Å²) < 4.78 is 5.30. The fraction of sp³-hybridized carbons (Fsp3) is 0.529. The van der Waals surface area contributed by atoms with Crippen LogP contribution in [0.1, 0.15) is 54.9 Å². The second-order valence-corrected chi connectivity index (χ2v) is 6.20. The number of amides is 1. The number of ether oxygens (including phenoxy) is 1. The topological polar surface area (TPSA) is 75.6 Å². The van der Waals surface area contributed by atoms with E-state index in [1.807, 2.05) is 18.2 Å². The van der Waals surface area contributed by atoms with Crippen LogP contribution in [0.3, 0.4) is 0 Å². The Morgan fingerprint density at radius 3 is 2.59 bits per heavy atom. The van der Waals surface area contributed by atoms with Crippen LogP contribution in [-0.2, 0) is 9.53 Å². The van der Waals surface area contributed by atoms with Crippen molar-refractivity contribution in [3.05, 3.63) is 35.4 Å². The molecule has 0 aromatic heterocycles. The van der Waals surface area contributed by atoms with Crippen LogP contribution in [0.4, 0.5) is 0 Å². The number of hydrogen-bond donors (Lipinski definition) is 2. The van der Waals surface area contributed by atoms with Gasteiger partial charge in [0.05, 0.1) is 12.0 Å². The maximum atomic E-state index is 12.5. The van der Waals surface area contributed by atoms with Gasteiger partial charge in [-0.25, -0.2) is 0 Å². The van der Waals surface area contributed by atoms with Crippen molar-refractivity contribution in [2.45, 2.75) is 44.6 Å². The minimum atomic E-state index is -0.905. The Bertz CT molecular complexity index is 547.